The van der Waals surface area contributed by atoms with Crippen LogP contribution in [0.15, 0.2) is 24.3 Å². The third-order valence-corrected chi connectivity index (χ3v) is 3.87. The largest absolute Gasteiger partial charge is 0.493 e. The first-order chi connectivity index (χ1) is 10.6. The third-order valence-electron chi connectivity index (χ3n) is 3.87. The Balaban J connectivity index is 1.94. The van der Waals surface area contributed by atoms with Crippen LogP contribution in [0.2, 0.25) is 0 Å². The predicted octanol–water partition coefficient (Wildman–Crippen LogP) is 0.464. The molecule has 1 aromatic carbocycles. The number of methoxy groups -OCH3 is 1. The SMILES string of the molecule is C/C=C/c1ccc(OCC(=O)N2CC[NH+](C)CC2)c(OC)c1. The highest BCUT2D eigenvalue weighted by Crippen LogP contribution is 2.28. The predicted molar refractivity (Wildman–Crippen MR) is 86.4 cm³/mol. The summed E-state index contributed by atoms with van der Waals surface area (Å²) in [5, 5.41) is 0. The number of rotatable bonds is 5. The van der Waals surface area contributed by atoms with Gasteiger partial charge < -0.3 is 19.3 Å². The van der Waals surface area contributed by atoms with Crippen molar-refractivity contribution in [3.63, 3.8) is 0 Å². The first-order valence-electron chi connectivity index (χ1n) is 7.66. The number of amides is 1. The van der Waals surface area contributed by atoms with Crippen LogP contribution in [-0.4, -0.2) is 57.8 Å². The summed E-state index contributed by atoms with van der Waals surface area (Å²) in [6, 6.07) is 5.69. The fourth-order valence-electron chi connectivity index (χ4n) is 2.47. The molecule has 0 aliphatic carbocycles. The number of ether oxygens (including phenoxy) is 2. The van der Waals surface area contributed by atoms with E-state index < -0.39 is 0 Å². The molecule has 1 heterocycles. The number of nitrogens with zero attached hydrogens (tertiary/aromatic N) is 1. The average molecular weight is 305 g/mol. The lowest BCUT2D eigenvalue weighted by Crippen LogP contribution is -3.12. The Morgan fingerprint density at radius 1 is 1.32 bits per heavy atom. The second-order valence-electron chi connectivity index (χ2n) is 5.54. The summed E-state index contributed by atoms with van der Waals surface area (Å²) in [6.07, 6.45) is 3.96. The van der Waals surface area contributed by atoms with E-state index in [0.717, 1.165) is 31.7 Å². The first-order valence-corrected chi connectivity index (χ1v) is 7.66. The molecule has 0 atom stereocenters. The average Bonchev–Trinajstić information content (AvgIpc) is 2.54. The highest BCUT2D eigenvalue weighted by Gasteiger charge is 2.21. The minimum atomic E-state index is 0.0343. The van der Waals surface area contributed by atoms with Gasteiger partial charge in [0.1, 0.15) is 0 Å². The molecule has 0 spiro atoms. The Labute approximate surface area is 132 Å². The maximum Gasteiger partial charge on any atom is 0.260 e. The Morgan fingerprint density at radius 3 is 2.68 bits per heavy atom. The van der Waals surface area contributed by atoms with Crippen molar-refractivity contribution in [2.75, 3.05) is 46.9 Å². The Bertz CT molecular complexity index is 535. The van der Waals surface area contributed by atoms with E-state index >= 15 is 0 Å². The Kier molecular flexibility index (Phi) is 5.83. The minimum Gasteiger partial charge on any atom is -0.493 e. The van der Waals surface area contributed by atoms with Gasteiger partial charge in [-0.15, -0.1) is 0 Å². The molecule has 120 valence electrons. The zero-order chi connectivity index (χ0) is 15.9. The number of carbonyl (C=O) groups is 1. The summed E-state index contributed by atoms with van der Waals surface area (Å²) in [6.45, 7) is 5.60. The topological polar surface area (TPSA) is 43.2 Å². The van der Waals surface area contributed by atoms with Crippen molar-refractivity contribution in [3.05, 3.63) is 29.8 Å². The van der Waals surface area contributed by atoms with Crippen LogP contribution < -0.4 is 14.4 Å². The van der Waals surface area contributed by atoms with Crippen molar-refractivity contribution in [2.24, 2.45) is 0 Å². The van der Waals surface area contributed by atoms with Crippen molar-refractivity contribution < 1.29 is 19.2 Å². The van der Waals surface area contributed by atoms with Gasteiger partial charge in [0.2, 0.25) is 0 Å². The maximum absolute atomic E-state index is 12.2. The summed E-state index contributed by atoms with van der Waals surface area (Å²) in [4.78, 5) is 15.5. The molecular weight excluding hydrogens is 280 g/mol. The fraction of sp³-hybridized carbons (Fsp3) is 0.471. The van der Waals surface area contributed by atoms with E-state index in [4.69, 9.17) is 9.47 Å². The van der Waals surface area contributed by atoms with Gasteiger partial charge in [-0.3, -0.25) is 4.79 Å². The van der Waals surface area contributed by atoms with Crippen molar-refractivity contribution in [3.8, 4) is 11.5 Å². The van der Waals surface area contributed by atoms with E-state index in [1.807, 2.05) is 42.2 Å². The molecule has 0 bridgehead atoms. The molecule has 1 saturated heterocycles. The molecule has 1 aliphatic heterocycles. The van der Waals surface area contributed by atoms with Gasteiger partial charge in [-0.05, 0) is 24.6 Å². The molecule has 5 heteroatoms. The zero-order valence-electron chi connectivity index (χ0n) is 13.6. The molecule has 1 N–H and O–H groups in total. The van der Waals surface area contributed by atoms with E-state index in [2.05, 4.69) is 7.05 Å². The van der Waals surface area contributed by atoms with Crippen LogP contribution in [0.4, 0.5) is 0 Å². The lowest BCUT2D eigenvalue weighted by molar-refractivity contribution is -0.883. The minimum absolute atomic E-state index is 0.0343. The van der Waals surface area contributed by atoms with Gasteiger partial charge in [0.15, 0.2) is 18.1 Å². The van der Waals surface area contributed by atoms with Crippen molar-refractivity contribution >= 4 is 12.0 Å². The standard InChI is InChI=1S/C17H24N2O3/c1-4-5-14-6-7-15(16(12-14)21-3)22-13-17(20)19-10-8-18(2)9-11-19/h4-7,12H,8-11,13H2,1-3H3/p+1/b5-4+. The number of hydrogen-bond donors (Lipinski definition) is 1. The molecule has 1 fully saturated rings. The summed E-state index contributed by atoms with van der Waals surface area (Å²) in [7, 11) is 3.75. The van der Waals surface area contributed by atoms with Gasteiger partial charge in [0.25, 0.3) is 5.91 Å². The van der Waals surface area contributed by atoms with Gasteiger partial charge in [0, 0.05) is 0 Å². The van der Waals surface area contributed by atoms with E-state index in [1.165, 1.54) is 4.90 Å². The molecule has 0 aromatic heterocycles. The van der Waals surface area contributed by atoms with Crippen LogP contribution >= 0.6 is 0 Å². The second-order valence-corrected chi connectivity index (χ2v) is 5.54. The van der Waals surface area contributed by atoms with E-state index in [0.29, 0.717) is 11.5 Å². The van der Waals surface area contributed by atoms with E-state index in [9.17, 15) is 4.79 Å². The Hall–Kier alpha value is -2.01. The molecule has 1 amide bonds. The fourth-order valence-corrected chi connectivity index (χ4v) is 2.47. The molecule has 5 nitrogen and oxygen atoms in total. The van der Waals surface area contributed by atoms with Gasteiger partial charge in [-0.1, -0.05) is 18.2 Å². The van der Waals surface area contributed by atoms with Crippen LogP contribution in [0, 0.1) is 0 Å². The van der Waals surface area contributed by atoms with E-state index in [-0.39, 0.29) is 12.5 Å². The lowest BCUT2D eigenvalue weighted by atomic mass is 10.2. The van der Waals surface area contributed by atoms with Gasteiger partial charge in [-0.25, -0.2) is 0 Å². The van der Waals surface area contributed by atoms with Crippen LogP contribution in [-0.2, 0) is 4.79 Å². The molecule has 0 radical (unpaired) electrons. The highest BCUT2D eigenvalue weighted by molar-refractivity contribution is 5.78. The normalized spacial score (nSPS) is 16.0. The van der Waals surface area contributed by atoms with Gasteiger partial charge in [0.05, 0.1) is 40.3 Å². The van der Waals surface area contributed by atoms with Crippen LogP contribution in [0.1, 0.15) is 12.5 Å². The number of likely N-dealkylation sites (N-methyl/N-ethyl adjacent to an activating group) is 1. The summed E-state index contributed by atoms with van der Waals surface area (Å²) in [5.74, 6) is 1.28. The molecule has 1 aromatic rings. The van der Waals surface area contributed by atoms with Gasteiger partial charge in [-0.2, -0.15) is 0 Å². The maximum atomic E-state index is 12.2. The molecule has 0 unspecified atom stereocenters. The number of allylic oxidation sites excluding steroid dienone is 1. The molecule has 1 aliphatic rings. The highest BCUT2D eigenvalue weighted by atomic mass is 16.5. The third kappa shape index (κ3) is 4.24. The number of quaternary nitrogens is 1. The van der Waals surface area contributed by atoms with Crippen molar-refractivity contribution in [1.29, 1.82) is 0 Å². The van der Waals surface area contributed by atoms with Crippen molar-refractivity contribution in [1.82, 2.24) is 4.90 Å². The quantitative estimate of drug-likeness (QED) is 0.860. The summed E-state index contributed by atoms with van der Waals surface area (Å²) >= 11 is 0. The van der Waals surface area contributed by atoms with Crippen LogP contribution in [0.25, 0.3) is 6.08 Å². The number of hydrogen-bond acceptors (Lipinski definition) is 3. The lowest BCUT2D eigenvalue weighted by Gasteiger charge is -2.30. The summed E-state index contributed by atoms with van der Waals surface area (Å²) < 4.78 is 11.0. The van der Waals surface area contributed by atoms with E-state index in [1.54, 1.807) is 7.11 Å². The number of piperazine rings is 1. The Morgan fingerprint density at radius 2 is 2.05 bits per heavy atom. The molecule has 22 heavy (non-hydrogen) atoms. The first kappa shape index (κ1) is 16.4. The van der Waals surface area contributed by atoms with Crippen molar-refractivity contribution in [2.45, 2.75) is 6.92 Å². The summed E-state index contributed by atoms with van der Waals surface area (Å²) in [5.41, 5.74) is 1.04. The number of nitrogens with one attached hydrogen (secondary N) is 1. The van der Waals surface area contributed by atoms with Crippen LogP contribution in [0.3, 0.4) is 0 Å². The number of benzene rings is 1. The van der Waals surface area contributed by atoms with Crippen LogP contribution in [0.5, 0.6) is 11.5 Å². The van der Waals surface area contributed by atoms with Gasteiger partial charge >= 0.3 is 0 Å². The second kappa shape index (κ2) is 7.84. The zero-order valence-corrected chi connectivity index (χ0v) is 13.6. The monoisotopic (exact) mass is 305 g/mol. The number of carbonyl (C=O) groups excluding carboxylic acids is 1. The molecule has 0 saturated carbocycles. The molecule has 2 rings (SSSR count). The smallest absolute Gasteiger partial charge is 0.260 e. The molecular formula is C17H25N2O3+.